The molecule has 0 N–H and O–H groups in total. The van der Waals surface area contributed by atoms with Gasteiger partial charge in [-0.25, -0.2) is 0 Å². The number of ether oxygens (including phenoxy) is 1. The van der Waals surface area contributed by atoms with Crippen molar-refractivity contribution in [3.8, 4) is 5.75 Å². The SMILES string of the molecule is O=C(c1cccnc1)C1COc2ccccc2C1=O. The Hall–Kier alpha value is -2.49. The topological polar surface area (TPSA) is 56.3 Å². The normalized spacial score (nSPS) is 17.5. The van der Waals surface area contributed by atoms with E-state index in [1.165, 1.54) is 6.20 Å². The fourth-order valence-corrected chi connectivity index (χ4v) is 2.14. The van der Waals surface area contributed by atoms with Crippen LogP contribution in [-0.4, -0.2) is 23.2 Å². The molecule has 0 fully saturated rings. The van der Waals surface area contributed by atoms with Crippen molar-refractivity contribution in [2.24, 2.45) is 5.92 Å². The quantitative estimate of drug-likeness (QED) is 0.608. The third-order valence-corrected chi connectivity index (χ3v) is 3.14. The Kier molecular flexibility index (Phi) is 2.83. The van der Waals surface area contributed by atoms with Gasteiger partial charge in [0.05, 0.1) is 5.56 Å². The number of aromatic nitrogens is 1. The average Bonchev–Trinajstić information content (AvgIpc) is 2.48. The summed E-state index contributed by atoms with van der Waals surface area (Å²) in [5.74, 6) is -0.662. The lowest BCUT2D eigenvalue weighted by atomic mass is 9.89. The highest BCUT2D eigenvalue weighted by atomic mass is 16.5. The number of carbonyl (C=O) groups is 2. The van der Waals surface area contributed by atoms with E-state index in [0.29, 0.717) is 16.9 Å². The van der Waals surface area contributed by atoms with Gasteiger partial charge in [0, 0.05) is 18.0 Å². The largest absolute Gasteiger partial charge is 0.492 e. The number of hydrogen-bond donors (Lipinski definition) is 0. The lowest BCUT2D eigenvalue weighted by Gasteiger charge is -2.22. The third-order valence-electron chi connectivity index (χ3n) is 3.14. The van der Waals surface area contributed by atoms with E-state index in [4.69, 9.17) is 4.74 Å². The Bertz CT molecular complexity index is 637. The van der Waals surface area contributed by atoms with Crippen LogP contribution in [0.25, 0.3) is 0 Å². The summed E-state index contributed by atoms with van der Waals surface area (Å²) in [4.78, 5) is 28.5. The molecule has 0 saturated carbocycles. The molecule has 0 amide bonds. The summed E-state index contributed by atoms with van der Waals surface area (Å²) in [6.45, 7) is 0.0869. The number of rotatable bonds is 2. The van der Waals surface area contributed by atoms with Crippen LogP contribution >= 0.6 is 0 Å². The number of para-hydroxylation sites is 1. The molecule has 4 heteroatoms. The molecule has 1 aromatic carbocycles. The molecule has 1 aliphatic heterocycles. The van der Waals surface area contributed by atoms with Gasteiger partial charge < -0.3 is 4.74 Å². The minimum absolute atomic E-state index is 0.0869. The van der Waals surface area contributed by atoms with E-state index in [1.807, 2.05) is 0 Å². The molecule has 0 spiro atoms. The standard InChI is InChI=1S/C15H11NO3/c17-14(10-4-3-7-16-8-10)12-9-19-13-6-2-1-5-11(13)15(12)18/h1-8,12H,9H2. The van der Waals surface area contributed by atoms with Gasteiger partial charge in [-0.1, -0.05) is 12.1 Å². The molecule has 19 heavy (non-hydrogen) atoms. The van der Waals surface area contributed by atoms with E-state index in [1.54, 1.807) is 42.6 Å². The van der Waals surface area contributed by atoms with E-state index in [0.717, 1.165) is 0 Å². The fourth-order valence-electron chi connectivity index (χ4n) is 2.14. The van der Waals surface area contributed by atoms with E-state index < -0.39 is 5.92 Å². The predicted octanol–water partition coefficient (Wildman–Crippen LogP) is 2.16. The Labute approximate surface area is 110 Å². The summed E-state index contributed by atoms with van der Waals surface area (Å²) in [7, 11) is 0. The Morgan fingerprint density at radius 3 is 2.84 bits per heavy atom. The van der Waals surface area contributed by atoms with Crippen molar-refractivity contribution in [3.05, 3.63) is 59.9 Å². The highest BCUT2D eigenvalue weighted by Crippen LogP contribution is 2.28. The number of hydrogen-bond acceptors (Lipinski definition) is 4. The zero-order valence-corrected chi connectivity index (χ0v) is 10.1. The van der Waals surface area contributed by atoms with Gasteiger partial charge in [0.15, 0.2) is 11.6 Å². The number of carbonyl (C=O) groups excluding carboxylic acids is 2. The molecular weight excluding hydrogens is 242 g/mol. The predicted molar refractivity (Wildman–Crippen MR) is 68.3 cm³/mol. The number of pyridine rings is 1. The second kappa shape index (κ2) is 4.65. The van der Waals surface area contributed by atoms with Crippen molar-refractivity contribution >= 4 is 11.6 Å². The Morgan fingerprint density at radius 1 is 1.21 bits per heavy atom. The molecule has 0 bridgehead atoms. The summed E-state index contributed by atoms with van der Waals surface area (Å²) in [5.41, 5.74) is 0.903. The first-order valence-corrected chi connectivity index (χ1v) is 5.97. The van der Waals surface area contributed by atoms with Gasteiger partial charge in [0.25, 0.3) is 0 Å². The highest BCUT2D eigenvalue weighted by molar-refractivity contribution is 6.17. The molecule has 94 valence electrons. The zero-order chi connectivity index (χ0) is 13.2. The van der Waals surface area contributed by atoms with Gasteiger partial charge in [0.2, 0.25) is 0 Å². The van der Waals surface area contributed by atoms with Crippen LogP contribution in [0, 0.1) is 5.92 Å². The monoisotopic (exact) mass is 253 g/mol. The van der Waals surface area contributed by atoms with Crippen LogP contribution in [0.1, 0.15) is 20.7 Å². The van der Waals surface area contributed by atoms with Crippen LogP contribution < -0.4 is 4.74 Å². The number of ketones is 2. The van der Waals surface area contributed by atoms with Crippen molar-refractivity contribution in [1.29, 1.82) is 0 Å². The third kappa shape index (κ3) is 2.01. The van der Waals surface area contributed by atoms with Crippen LogP contribution in [0.15, 0.2) is 48.8 Å². The van der Waals surface area contributed by atoms with E-state index in [2.05, 4.69) is 4.98 Å². The van der Waals surface area contributed by atoms with E-state index in [9.17, 15) is 9.59 Å². The van der Waals surface area contributed by atoms with E-state index in [-0.39, 0.29) is 18.2 Å². The first kappa shape index (κ1) is 11.6. The summed E-state index contributed by atoms with van der Waals surface area (Å²) < 4.78 is 5.49. The van der Waals surface area contributed by atoms with Crippen molar-refractivity contribution in [3.63, 3.8) is 0 Å². The van der Waals surface area contributed by atoms with E-state index >= 15 is 0 Å². The van der Waals surface area contributed by atoms with Crippen LogP contribution in [0.2, 0.25) is 0 Å². The second-order valence-electron chi connectivity index (χ2n) is 4.33. The van der Waals surface area contributed by atoms with Gasteiger partial charge in [-0.05, 0) is 24.3 Å². The first-order chi connectivity index (χ1) is 9.27. The summed E-state index contributed by atoms with van der Waals surface area (Å²) in [6, 6.07) is 10.3. The van der Waals surface area contributed by atoms with Gasteiger partial charge in [-0.15, -0.1) is 0 Å². The van der Waals surface area contributed by atoms with Crippen LogP contribution in [-0.2, 0) is 0 Å². The van der Waals surface area contributed by atoms with Gasteiger partial charge in [-0.2, -0.15) is 0 Å². The molecule has 1 aliphatic rings. The van der Waals surface area contributed by atoms with Crippen molar-refractivity contribution in [2.75, 3.05) is 6.61 Å². The highest BCUT2D eigenvalue weighted by Gasteiger charge is 2.34. The maximum absolute atomic E-state index is 12.3. The minimum Gasteiger partial charge on any atom is -0.492 e. The summed E-state index contributed by atoms with van der Waals surface area (Å²) in [5, 5.41) is 0. The zero-order valence-electron chi connectivity index (χ0n) is 10.1. The number of benzene rings is 1. The molecule has 2 heterocycles. The summed E-state index contributed by atoms with van der Waals surface area (Å²) >= 11 is 0. The molecule has 0 radical (unpaired) electrons. The number of fused-ring (bicyclic) bond motifs is 1. The number of Topliss-reactive ketones (excluding diaryl/α,β-unsaturated/α-hetero) is 2. The maximum Gasteiger partial charge on any atom is 0.180 e. The molecule has 0 saturated heterocycles. The Morgan fingerprint density at radius 2 is 2.05 bits per heavy atom. The van der Waals surface area contributed by atoms with Crippen molar-refractivity contribution < 1.29 is 14.3 Å². The smallest absolute Gasteiger partial charge is 0.180 e. The van der Waals surface area contributed by atoms with Gasteiger partial charge in [-0.3, -0.25) is 14.6 Å². The molecule has 3 rings (SSSR count). The molecule has 4 nitrogen and oxygen atoms in total. The number of nitrogens with zero attached hydrogens (tertiary/aromatic N) is 1. The van der Waals surface area contributed by atoms with Crippen LogP contribution in [0.5, 0.6) is 5.75 Å². The molecule has 2 aromatic rings. The van der Waals surface area contributed by atoms with Crippen LogP contribution in [0.3, 0.4) is 0 Å². The molecular formula is C15H11NO3. The van der Waals surface area contributed by atoms with Crippen LogP contribution in [0.4, 0.5) is 0 Å². The molecule has 1 atom stereocenters. The Balaban J connectivity index is 1.93. The lowest BCUT2D eigenvalue weighted by Crippen LogP contribution is -2.34. The molecule has 1 unspecified atom stereocenters. The minimum atomic E-state index is -0.779. The second-order valence-corrected chi connectivity index (χ2v) is 4.33. The average molecular weight is 253 g/mol. The van der Waals surface area contributed by atoms with Crippen molar-refractivity contribution in [2.45, 2.75) is 0 Å². The fraction of sp³-hybridized carbons (Fsp3) is 0.133. The summed E-state index contributed by atoms with van der Waals surface area (Å²) in [6.07, 6.45) is 3.06. The van der Waals surface area contributed by atoms with Crippen molar-refractivity contribution in [1.82, 2.24) is 4.98 Å². The first-order valence-electron chi connectivity index (χ1n) is 5.97. The molecule has 0 aliphatic carbocycles. The van der Waals surface area contributed by atoms with Gasteiger partial charge in [0.1, 0.15) is 18.3 Å². The lowest BCUT2D eigenvalue weighted by molar-refractivity contribution is 0.0723. The molecule has 1 aromatic heterocycles. The maximum atomic E-state index is 12.3. The van der Waals surface area contributed by atoms with Gasteiger partial charge >= 0.3 is 0 Å².